The first-order valence-corrected chi connectivity index (χ1v) is 10.1. The Bertz CT molecular complexity index is 1410. The van der Waals surface area contributed by atoms with E-state index in [4.69, 9.17) is 5.21 Å². The van der Waals surface area contributed by atoms with E-state index in [1.807, 2.05) is 12.1 Å². The van der Waals surface area contributed by atoms with Crippen LogP contribution < -0.4 is 10.8 Å². The molecule has 0 bridgehead atoms. The molecule has 0 atom stereocenters. The lowest BCUT2D eigenvalue weighted by atomic mass is 10.1. The van der Waals surface area contributed by atoms with Gasteiger partial charge < -0.3 is 10.4 Å². The molecule has 4 rings (SSSR count). The van der Waals surface area contributed by atoms with Crippen LogP contribution in [0.4, 0.5) is 5.82 Å². The van der Waals surface area contributed by atoms with Crippen LogP contribution in [0.25, 0.3) is 11.3 Å². The van der Waals surface area contributed by atoms with Gasteiger partial charge in [0, 0.05) is 34.6 Å². The van der Waals surface area contributed by atoms with E-state index in [1.54, 1.807) is 54.3 Å². The average Bonchev–Trinajstić information content (AvgIpc) is 2.88. The molecule has 8 nitrogen and oxygen atoms in total. The molecule has 0 saturated heterocycles. The monoisotopic (exact) mass is 450 g/mol. The van der Waals surface area contributed by atoms with Crippen LogP contribution in [0, 0.1) is 11.8 Å². The molecule has 2 heterocycles. The summed E-state index contributed by atoms with van der Waals surface area (Å²) >= 11 is 0. The van der Waals surface area contributed by atoms with Crippen molar-refractivity contribution in [3.63, 3.8) is 0 Å². The van der Waals surface area contributed by atoms with Crippen molar-refractivity contribution in [2.45, 2.75) is 0 Å². The summed E-state index contributed by atoms with van der Waals surface area (Å²) in [5, 5.41) is 21.6. The number of carbonyl (C=O) groups excluding carboxylic acids is 2. The fraction of sp³-hybridized carbons (Fsp3) is 0. The van der Waals surface area contributed by atoms with Crippen LogP contribution in [-0.2, 0) is 0 Å². The summed E-state index contributed by atoms with van der Waals surface area (Å²) < 4.78 is 0. The van der Waals surface area contributed by atoms with Crippen molar-refractivity contribution in [2.24, 2.45) is 0 Å². The number of amides is 2. The van der Waals surface area contributed by atoms with Crippen molar-refractivity contribution < 1.29 is 19.9 Å². The van der Waals surface area contributed by atoms with Gasteiger partial charge in [-0.05, 0) is 48.5 Å². The SMILES string of the molecule is O=C(NO)c1cc(NC(=O)c2ccccc2O)nc(-c2ccc(C#Cc3cccnc3)cc2)c1. The first-order chi connectivity index (χ1) is 16.5. The lowest BCUT2D eigenvalue weighted by Gasteiger charge is -2.10. The maximum absolute atomic E-state index is 12.6. The number of aromatic hydroxyl groups is 1. The van der Waals surface area contributed by atoms with E-state index < -0.39 is 11.8 Å². The number of nitrogens with zero attached hydrogens (tertiary/aromatic N) is 2. The quantitative estimate of drug-likeness (QED) is 0.214. The molecule has 0 aliphatic rings. The van der Waals surface area contributed by atoms with E-state index in [1.165, 1.54) is 24.3 Å². The van der Waals surface area contributed by atoms with E-state index in [9.17, 15) is 14.7 Å². The highest BCUT2D eigenvalue weighted by Crippen LogP contribution is 2.23. The summed E-state index contributed by atoms with van der Waals surface area (Å²) in [5.74, 6) is 4.60. The van der Waals surface area contributed by atoms with E-state index in [2.05, 4.69) is 27.1 Å². The Hall–Kier alpha value is -5.00. The van der Waals surface area contributed by atoms with Gasteiger partial charge in [0.15, 0.2) is 0 Å². The van der Waals surface area contributed by atoms with E-state index >= 15 is 0 Å². The van der Waals surface area contributed by atoms with Crippen LogP contribution in [0.5, 0.6) is 5.75 Å². The maximum Gasteiger partial charge on any atom is 0.274 e. The third-order valence-corrected chi connectivity index (χ3v) is 4.77. The smallest absolute Gasteiger partial charge is 0.274 e. The summed E-state index contributed by atoms with van der Waals surface area (Å²) in [6.45, 7) is 0. The van der Waals surface area contributed by atoms with Crippen molar-refractivity contribution in [2.75, 3.05) is 5.32 Å². The number of phenols is 1. The Balaban J connectivity index is 1.63. The summed E-state index contributed by atoms with van der Waals surface area (Å²) in [7, 11) is 0. The number of hydrogen-bond acceptors (Lipinski definition) is 6. The van der Waals surface area contributed by atoms with Crippen molar-refractivity contribution in [3.8, 4) is 28.8 Å². The van der Waals surface area contributed by atoms with Crippen LogP contribution in [0.3, 0.4) is 0 Å². The predicted molar refractivity (Wildman–Crippen MR) is 125 cm³/mol. The molecule has 0 radical (unpaired) electrons. The van der Waals surface area contributed by atoms with Gasteiger partial charge in [-0.2, -0.15) is 0 Å². The second-order valence-electron chi connectivity index (χ2n) is 7.11. The van der Waals surface area contributed by atoms with Crippen LogP contribution >= 0.6 is 0 Å². The second kappa shape index (κ2) is 10.1. The number of carbonyl (C=O) groups is 2. The number of rotatable bonds is 4. The summed E-state index contributed by atoms with van der Waals surface area (Å²) in [5.41, 5.74) is 4.33. The van der Waals surface area contributed by atoms with Crippen molar-refractivity contribution in [1.29, 1.82) is 0 Å². The topological polar surface area (TPSA) is 124 Å². The Morgan fingerprint density at radius 3 is 2.32 bits per heavy atom. The van der Waals surface area contributed by atoms with Gasteiger partial charge in [-0.15, -0.1) is 0 Å². The molecule has 2 amide bonds. The van der Waals surface area contributed by atoms with Crippen molar-refractivity contribution >= 4 is 17.6 Å². The van der Waals surface area contributed by atoms with Gasteiger partial charge in [-0.3, -0.25) is 19.8 Å². The van der Waals surface area contributed by atoms with Gasteiger partial charge in [0.05, 0.1) is 11.3 Å². The van der Waals surface area contributed by atoms with Gasteiger partial charge in [-0.1, -0.05) is 36.1 Å². The van der Waals surface area contributed by atoms with Gasteiger partial charge >= 0.3 is 0 Å². The zero-order valence-corrected chi connectivity index (χ0v) is 17.7. The van der Waals surface area contributed by atoms with Crippen LogP contribution in [0.2, 0.25) is 0 Å². The minimum Gasteiger partial charge on any atom is -0.507 e. The summed E-state index contributed by atoms with van der Waals surface area (Å²) in [6, 6.07) is 19.7. The molecular formula is C26H18N4O4. The zero-order valence-electron chi connectivity index (χ0n) is 17.7. The standard InChI is InChI=1S/C26H18N4O4/c31-23-6-2-1-5-21(23)26(33)29-24-15-20(25(32)30-34)14-22(28-24)19-11-9-17(10-12-19)7-8-18-4-3-13-27-16-18/h1-6,9-16,31,34H,(H,30,32)(H,28,29,33). The minimum atomic E-state index is -0.763. The molecule has 0 fully saturated rings. The first-order valence-electron chi connectivity index (χ1n) is 10.1. The molecule has 0 aliphatic heterocycles. The van der Waals surface area contributed by atoms with Crippen LogP contribution in [0.15, 0.2) is 85.2 Å². The van der Waals surface area contributed by atoms with Gasteiger partial charge in [0.2, 0.25) is 0 Å². The van der Waals surface area contributed by atoms with Crippen LogP contribution in [0.1, 0.15) is 31.8 Å². The summed E-state index contributed by atoms with van der Waals surface area (Å²) in [6.07, 6.45) is 3.35. The first kappa shape index (κ1) is 22.2. The Morgan fingerprint density at radius 2 is 1.62 bits per heavy atom. The fourth-order valence-corrected chi connectivity index (χ4v) is 3.09. The summed E-state index contributed by atoms with van der Waals surface area (Å²) in [4.78, 5) is 33.1. The highest BCUT2D eigenvalue weighted by atomic mass is 16.5. The molecule has 8 heteroatoms. The molecule has 0 saturated carbocycles. The lowest BCUT2D eigenvalue weighted by molar-refractivity contribution is 0.0706. The fourth-order valence-electron chi connectivity index (χ4n) is 3.09. The minimum absolute atomic E-state index is 0.0550. The van der Waals surface area contributed by atoms with Crippen molar-refractivity contribution in [1.82, 2.24) is 15.4 Å². The molecule has 166 valence electrons. The Kier molecular flexibility index (Phi) is 6.58. The molecule has 0 aliphatic carbocycles. The largest absolute Gasteiger partial charge is 0.507 e. The number of pyridine rings is 2. The number of phenolic OH excluding ortho intramolecular Hbond substituents is 1. The van der Waals surface area contributed by atoms with E-state index in [-0.39, 0.29) is 22.7 Å². The van der Waals surface area contributed by atoms with E-state index in [0.29, 0.717) is 11.3 Å². The van der Waals surface area contributed by atoms with Gasteiger partial charge in [0.25, 0.3) is 11.8 Å². The number of nitrogens with one attached hydrogen (secondary N) is 2. The third kappa shape index (κ3) is 5.24. The van der Waals surface area contributed by atoms with Gasteiger partial charge in [0.1, 0.15) is 11.6 Å². The number of hydroxylamine groups is 1. The molecule has 2 aromatic carbocycles. The van der Waals surface area contributed by atoms with Gasteiger partial charge in [-0.25, -0.2) is 10.5 Å². The number of benzene rings is 2. The second-order valence-corrected chi connectivity index (χ2v) is 7.11. The molecule has 4 N–H and O–H groups in total. The lowest BCUT2D eigenvalue weighted by Crippen LogP contribution is -2.20. The highest BCUT2D eigenvalue weighted by molar-refractivity contribution is 6.06. The maximum atomic E-state index is 12.6. The Morgan fingerprint density at radius 1 is 0.853 bits per heavy atom. The highest BCUT2D eigenvalue weighted by Gasteiger charge is 2.15. The number of aromatic nitrogens is 2. The predicted octanol–water partition coefficient (Wildman–Crippen LogP) is 3.62. The number of anilines is 1. The molecule has 2 aromatic heterocycles. The zero-order chi connectivity index (χ0) is 23.9. The number of para-hydroxylation sites is 1. The molecule has 4 aromatic rings. The van der Waals surface area contributed by atoms with Crippen LogP contribution in [-0.4, -0.2) is 32.1 Å². The molecule has 34 heavy (non-hydrogen) atoms. The number of hydrogen-bond donors (Lipinski definition) is 4. The molecular weight excluding hydrogens is 432 g/mol. The Labute approximate surface area is 194 Å². The molecule has 0 unspecified atom stereocenters. The normalized spacial score (nSPS) is 10.0. The molecule has 0 spiro atoms. The van der Waals surface area contributed by atoms with Crippen molar-refractivity contribution in [3.05, 3.63) is 107 Å². The van der Waals surface area contributed by atoms with E-state index in [0.717, 1.165) is 11.1 Å². The average molecular weight is 450 g/mol. The third-order valence-electron chi connectivity index (χ3n) is 4.77.